The number of carbonyl (C=O) groups excluding carboxylic acids is 1. The summed E-state index contributed by atoms with van der Waals surface area (Å²) in [5.74, 6) is 0.289. The molecule has 1 heterocycles. The highest BCUT2D eigenvalue weighted by molar-refractivity contribution is 5.85. The summed E-state index contributed by atoms with van der Waals surface area (Å²) in [4.78, 5) is 15.0. The molecule has 1 aromatic carbocycles. The topological polar surface area (TPSA) is 32.3 Å². The lowest BCUT2D eigenvalue weighted by atomic mass is 9.94. The Balaban J connectivity index is 1.57. The molecule has 21 heavy (non-hydrogen) atoms. The second-order valence-electron chi connectivity index (χ2n) is 6.99. The van der Waals surface area contributed by atoms with Crippen LogP contribution in [-0.4, -0.2) is 37.0 Å². The van der Waals surface area contributed by atoms with Crippen molar-refractivity contribution in [3.05, 3.63) is 35.4 Å². The molecule has 0 spiro atoms. The molecule has 114 valence electrons. The van der Waals surface area contributed by atoms with Crippen molar-refractivity contribution in [2.75, 3.05) is 20.1 Å². The van der Waals surface area contributed by atoms with Crippen molar-refractivity contribution in [2.45, 2.75) is 45.1 Å². The van der Waals surface area contributed by atoms with E-state index < -0.39 is 0 Å². The van der Waals surface area contributed by atoms with Crippen LogP contribution >= 0.6 is 0 Å². The Labute approximate surface area is 127 Å². The highest BCUT2D eigenvalue weighted by Gasteiger charge is 2.49. The number of hydrogen-bond acceptors (Lipinski definition) is 2. The van der Waals surface area contributed by atoms with Crippen LogP contribution in [0.15, 0.2) is 24.3 Å². The molecule has 1 aliphatic heterocycles. The van der Waals surface area contributed by atoms with E-state index in [9.17, 15) is 4.79 Å². The normalized spacial score (nSPS) is 22.0. The van der Waals surface area contributed by atoms with E-state index in [-0.39, 0.29) is 11.3 Å². The summed E-state index contributed by atoms with van der Waals surface area (Å²) in [5.41, 5.74) is 2.45. The van der Waals surface area contributed by atoms with Gasteiger partial charge in [0.1, 0.15) is 0 Å². The van der Waals surface area contributed by atoms with Gasteiger partial charge in [-0.25, -0.2) is 0 Å². The van der Waals surface area contributed by atoms with Crippen molar-refractivity contribution in [1.82, 2.24) is 10.2 Å². The van der Waals surface area contributed by atoms with Gasteiger partial charge in [0.25, 0.3) is 0 Å². The first-order valence-corrected chi connectivity index (χ1v) is 8.12. The van der Waals surface area contributed by atoms with Crippen LogP contribution in [0.2, 0.25) is 0 Å². The molecule has 1 saturated carbocycles. The van der Waals surface area contributed by atoms with Gasteiger partial charge in [-0.15, -0.1) is 0 Å². The number of aryl methyl sites for hydroxylation is 1. The van der Waals surface area contributed by atoms with E-state index >= 15 is 0 Å². The summed E-state index contributed by atoms with van der Waals surface area (Å²) in [6, 6.07) is 8.99. The molecule has 0 radical (unpaired) electrons. The summed E-state index contributed by atoms with van der Waals surface area (Å²) in [5, 5.41) is 3.31. The predicted molar refractivity (Wildman–Crippen MR) is 85.2 cm³/mol. The van der Waals surface area contributed by atoms with Crippen molar-refractivity contribution in [3.63, 3.8) is 0 Å². The second kappa shape index (κ2) is 5.80. The summed E-state index contributed by atoms with van der Waals surface area (Å²) in [7, 11) is 2.15. The van der Waals surface area contributed by atoms with Crippen LogP contribution in [0.5, 0.6) is 0 Å². The largest absolute Gasteiger partial charge is 0.353 e. The molecule has 3 rings (SSSR count). The fourth-order valence-corrected chi connectivity index (χ4v) is 3.22. The molecule has 1 aromatic rings. The predicted octanol–water partition coefficient (Wildman–Crippen LogP) is 2.53. The molecule has 1 amide bonds. The van der Waals surface area contributed by atoms with E-state index in [1.807, 2.05) is 0 Å². The maximum Gasteiger partial charge on any atom is 0.226 e. The Morgan fingerprint density at radius 3 is 2.43 bits per heavy atom. The van der Waals surface area contributed by atoms with Crippen LogP contribution in [0.3, 0.4) is 0 Å². The number of hydrogen-bond donors (Lipinski definition) is 1. The first-order valence-electron chi connectivity index (χ1n) is 8.12. The van der Waals surface area contributed by atoms with Gasteiger partial charge in [-0.05, 0) is 64.7 Å². The third-order valence-electron chi connectivity index (χ3n) is 5.05. The SMILES string of the molecule is Cc1ccc(CC2(C(=O)NC3CCN(C)CC3)CC2)cc1. The lowest BCUT2D eigenvalue weighted by molar-refractivity contribution is -0.127. The molecule has 0 unspecified atom stereocenters. The summed E-state index contributed by atoms with van der Waals surface area (Å²) in [6.07, 6.45) is 5.15. The zero-order valence-corrected chi connectivity index (χ0v) is 13.2. The Morgan fingerprint density at radius 1 is 1.24 bits per heavy atom. The van der Waals surface area contributed by atoms with Crippen LogP contribution in [0.25, 0.3) is 0 Å². The number of piperidine rings is 1. The monoisotopic (exact) mass is 286 g/mol. The van der Waals surface area contributed by atoms with Gasteiger partial charge >= 0.3 is 0 Å². The van der Waals surface area contributed by atoms with Crippen molar-refractivity contribution in [1.29, 1.82) is 0 Å². The van der Waals surface area contributed by atoms with Gasteiger partial charge in [0, 0.05) is 6.04 Å². The van der Waals surface area contributed by atoms with E-state index in [2.05, 4.69) is 48.5 Å². The summed E-state index contributed by atoms with van der Waals surface area (Å²) >= 11 is 0. The molecule has 0 atom stereocenters. The third-order valence-corrected chi connectivity index (χ3v) is 5.05. The lowest BCUT2D eigenvalue weighted by Crippen LogP contribution is -2.46. The molecule has 0 aromatic heterocycles. The van der Waals surface area contributed by atoms with Crippen LogP contribution in [0.4, 0.5) is 0 Å². The molecule has 1 saturated heterocycles. The van der Waals surface area contributed by atoms with Crippen molar-refractivity contribution in [2.24, 2.45) is 5.41 Å². The number of nitrogens with zero attached hydrogens (tertiary/aromatic N) is 1. The average Bonchev–Trinajstić information content (AvgIpc) is 3.25. The molecular weight excluding hydrogens is 260 g/mol. The van der Waals surface area contributed by atoms with Crippen LogP contribution < -0.4 is 5.32 Å². The van der Waals surface area contributed by atoms with E-state index in [0.717, 1.165) is 45.2 Å². The number of amides is 1. The fraction of sp³-hybridized carbons (Fsp3) is 0.611. The molecule has 3 heteroatoms. The van der Waals surface area contributed by atoms with Gasteiger partial charge in [-0.3, -0.25) is 4.79 Å². The van der Waals surface area contributed by atoms with Gasteiger partial charge in [-0.2, -0.15) is 0 Å². The van der Waals surface area contributed by atoms with Crippen molar-refractivity contribution in [3.8, 4) is 0 Å². The zero-order valence-electron chi connectivity index (χ0n) is 13.2. The van der Waals surface area contributed by atoms with Crippen LogP contribution in [-0.2, 0) is 11.2 Å². The van der Waals surface area contributed by atoms with Crippen molar-refractivity contribution >= 4 is 5.91 Å². The van der Waals surface area contributed by atoms with Crippen molar-refractivity contribution < 1.29 is 4.79 Å². The maximum atomic E-state index is 12.6. The quantitative estimate of drug-likeness (QED) is 0.922. The molecule has 1 aliphatic carbocycles. The molecule has 3 nitrogen and oxygen atoms in total. The maximum absolute atomic E-state index is 12.6. The van der Waals surface area contributed by atoms with E-state index in [1.54, 1.807) is 0 Å². The molecular formula is C18H26N2O. The van der Waals surface area contributed by atoms with E-state index in [4.69, 9.17) is 0 Å². The molecule has 1 N–H and O–H groups in total. The van der Waals surface area contributed by atoms with E-state index in [0.29, 0.717) is 6.04 Å². The van der Waals surface area contributed by atoms with Gasteiger partial charge in [0.05, 0.1) is 5.41 Å². The standard InChI is InChI=1S/C18H26N2O/c1-14-3-5-15(6-4-14)13-18(9-10-18)17(21)19-16-7-11-20(2)12-8-16/h3-6,16H,7-13H2,1-2H3,(H,19,21). The zero-order chi connectivity index (χ0) is 14.9. The summed E-state index contributed by atoms with van der Waals surface area (Å²) < 4.78 is 0. The average molecular weight is 286 g/mol. The minimum Gasteiger partial charge on any atom is -0.353 e. The Morgan fingerprint density at radius 2 is 1.86 bits per heavy atom. The van der Waals surface area contributed by atoms with Gasteiger partial charge < -0.3 is 10.2 Å². The number of benzene rings is 1. The molecule has 0 bridgehead atoms. The first-order chi connectivity index (χ1) is 10.1. The molecule has 2 aliphatic rings. The fourth-order valence-electron chi connectivity index (χ4n) is 3.22. The highest BCUT2D eigenvalue weighted by atomic mass is 16.2. The van der Waals surface area contributed by atoms with Crippen LogP contribution in [0.1, 0.15) is 36.8 Å². The summed E-state index contributed by atoms with van der Waals surface area (Å²) in [6.45, 7) is 4.29. The second-order valence-corrected chi connectivity index (χ2v) is 6.99. The number of nitrogens with one attached hydrogen (secondary N) is 1. The van der Waals surface area contributed by atoms with Gasteiger partial charge in [0.2, 0.25) is 5.91 Å². The van der Waals surface area contributed by atoms with Gasteiger partial charge in [-0.1, -0.05) is 29.8 Å². The number of carbonyl (C=O) groups is 1. The minimum atomic E-state index is -0.112. The molecule has 2 fully saturated rings. The third kappa shape index (κ3) is 3.46. The number of likely N-dealkylation sites (tertiary alicyclic amines) is 1. The Hall–Kier alpha value is -1.35. The smallest absolute Gasteiger partial charge is 0.226 e. The first kappa shape index (κ1) is 14.6. The van der Waals surface area contributed by atoms with E-state index in [1.165, 1.54) is 11.1 Å². The number of rotatable bonds is 4. The van der Waals surface area contributed by atoms with Gasteiger partial charge in [0.15, 0.2) is 0 Å². The minimum absolute atomic E-state index is 0.112. The Bertz CT molecular complexity index is 496. The lowest BCUT2D eigenvalue weighted by Gasteiger charge is -2.30. The van der Waals surface area contributed by atoms with Crippen LogP contribution in [0, 0.1) is 12.3 Å². The Kier molecular flexibility index (Phi) is 4.03. The highest BCUT2D eigenvalue weighted by Crippen LogP contribution is 2.48.